The number of aromatic nitrogens is 1. The first kappa shape index (κ1) is 12.5. The average Bonchev–Trinajstić information content (AvgIpc) is 2.48. The van der Waals surface area contributed by atoms with Gasteiger partial charge >= 0.3 is 0 Å². The van der Waals surface area contributed by atoms with E-state index in [1.165, 1.54) is 12.4 Å². The molecule has 1 aliphatic heterocycles. The molecule has 0 unspecified atom stereocenters. The number of pyridine rings is 1. The summed E-state index contributed by atoms with van der Waals surface area (Å²) in [6, 6.07) is 9.30. The third kappa shape index (κ3) is 1.97. The van der Waals surface area contributed by atoms with Gasteiger partial charge in [-0.1, -0.05) is 12.1 Å². The fourth-order valence-corrected chi connectivity index (χ4v) is 2.43. The van der Waals surface area contributed by atoms with E-state index in [2.05, 4.69) is 9.88 Å². The van der Waals surface area contributed by atoms with Gasteiger partial charge in [-0.15, -0.1) is 0 Å². The van der Waals surface area contributed by atoms with Gasteiger partial charge < -0.3 is 14.9 Å². The van der Waals surface area contributed by atoms with Crippen LogP contribution >= 0.6 is 0 Å². The summed E-state index contributed by atoms with van der Waals surface area (Å²) in [4.78, 5) is 20.2. The fraction of sp³-hybridized carbons (Fsp3) is 0.200. The molecule has 0 spiro atoms. The van der Waals surface area contributed by atoms with Gasteiger partial charge in [0.2, 0.25) is 0 Å². The lowest BCUT2D eigenvalue weighted by Crippen LogP contribution is -2.42. The number of nitrogens with zero attached hydrogens (tertiary/aromatic N) is 3. The molecule has 1 amide bonds. The van der Waals surface area contributed by atoms with Gasteiger partial charge in [0.05, 0.1) is 23.1 Å². The fourth-order valence-electron chi connectivity index (χ4n) is 2.43. The molecule has 0 fully saturated rings. The topological polar surface area (TPSA) is 56.7 Å². The van der Waals surface area contributed by atoms with E-state index in [9.17, 15) is 9.90 Å². The van der Waals surface area contributed by atoms with Crippen LogP contribution in [-0.2, 0) is 0 Å². The van der Waals surface area contributed by atoms with Gasteiger partial charge in [-0.3, -0.25) is 9.78 Å². The minimum atomic E-state index is -0.203. The molecule has 1 aromatic carbocycles. The van der Waals surface area contributed by atoms with Crippen molar-refractivity contribution in [2.75, 3.05) is 29.9 Å². The monoisotopic (exact) mass is 269 g/mol. The van der Waals surface area contributed by atoms with E-state index in [0.717, 1.165) is 17.9 Å². The Labute approximate surface area is 117 Å². The summed E-state index contributed by atoms with van der Waals surface area (Å²) in [5.41, 5.74) is 2.16. The normalized spacial score (nSPS) is 14.1. The van der Waals surface area contributed by atoms with Crippen molar-refractivity contribution in [3.63, 3.8) is 0 Å². The van der Waals surface area contributed by atoms with Crippen LogP contribution in [0.2, 0.25) is 0 Å². The van der Waals surface area contributed by atoms with Crippen LogP contribution in [-0.4, -0.2) is 36.1 Å². The zero-order chi connectivity index (χ0) is 14.1. The number of anilines is 2. The van der Waals surface area contributed by atoms with Crippen LogP contribution in [0.4, 0.5) is 11.4 Å². The molecule has 3 rings (SSSR count). The second-order valence-electron chi connectivity index (χ2n) is 4.76. The zero-order valence-corrected chi connectivity index (χ0v) is 11.2. The van der Waals surface area contributed by atoms with Crippen molar-refractivity contribution in [3.8, 4) is 5.75 Å². The van der Waals surface area contributed by atoms with Crippen molar-refractivity contribution in [1.29, 1.82) is 0 Å². The predicted molar refractivity (Wildman–Crippen MR) is 77.3 cm³/mol. The highest BCUT2D eigenvalue weighted by Crippen LogP contribution is 2.33. The molecule has 1 aliphatic rings. The van der Waals surface area contributed by atoms with E-state index < -0.39 is 0 Å². The van der Waals surface area contributed by atoms with E-state index in [-0.39, 0.29) is 17.2 Å². The summed E-state index contributed by atoms with van der Waals surface area (Å²) in [5.74, 6) is -0.292. The van der Waals surface area contributed by atoms with Gasteiger partial charge in [0, 0.05) is 26.3 Å². The number of aromatic hydroxyl groups is 1. The highest BCUT2D eigenvalue weighted by Gasteiger charge is 2.26. The number of hydrogen-bond donors (Lipinski definition) is 1. The Morgan fingerprint density at radius 2 is 1.95 bits per heavy atom. The molecule has 5 heteroatoms. The van der Waals surface area contributed by atoms with Crippen molar-refractivity contribution in [2.45, 2.75) is 0 Å². The second-order valence-corrected chi connectivity index (χ2v) is 4.76. The lowest BCUT2D eigenvalue weighted by molar-refractivity contribution is 0.0984. The number of likely N-dealkylation sites (N-methyl/N-ethyl adjacent to an activating group) is 1. The molecule has 1 N–H and O–H groups in total. The molecule has 5 nitrogen and oxygen atoms in total. The standard InChI is InChI=1S/C15H15N3O2/c1-17-8-9-18(13-5-3-2-4-12(13)17)15(20)11-6-7-16-10-14(11)19/h2-7,10,19H,8-9H2,1H3. The molecule has 0 aliphatic carbocycles. The average molecular weight is 269 g/mol. The number of benzene rings is 1. The van der Waals surface area contributed by atoms with Crippen molar-refractivity contribution < 1.29 is 9.90 Å². The lowest BCUT2D eigenvalue weighted by atomic mass is 10.1. The van der Waals surface area contributed by atoms with Gasteiger partial charge in [-0.2, -0.15) is 0 Å². The van der Waals surface area contributed by atoms with Gasteiger partial charge in [0.25, 0.3) is 5.91 Å². The van der Waals surface area contributed by atoms with Crippen molar-refractivity contribution in [2.24, 2.45) is 0 Å². The van der Waals surface area contributed by atoms with Crippen LogP contribution in [0, 0.1) is 0 Å². The van der Waals surface area contributed by atoms with Gasteiger partial charge in [-0.25, -0.2) is 0 Å². The number of rotatable bonds is 1. The van der Waals surface area contributed by atoms with E-state index in [1.807, 2.05) is 31.3 Å². The van der Waals surface area contributed by atoms with Crippen LogP contribution in [0.3, 0.4) is 0 Å². The van der Waals surface area contributed by atoms with Crippen LogP contribution < -0.4 is 9.80 Å². The van der Waals surface area contributed by atoms with E-state index in [0.29, 0.717) is 6.54 Å². The molecule has 0 bridgehead atoms. The van der Waals surface area contributed by atoms with Crippen molar-refractivity contribution >= 4 is 17.3 Å². The molecule has 1 aromatic heterocycles. The number of carbonyl (C=O) groups is 1. The van der Waals surface area contributed by atoms with Crippen LogP contribution in [0.5, 0.6) is 5.75 Å². The smallest absolute Gasteiger partial charge is 0.262 e. The maximum absolute atomic E-state index is 12.6. The summed E-state index contributed by atoms with van der Waals surface area (Å²) in [6.07, 6.45) is 2.80. The highest BCUT2D eigenvalue weighted by atomic mass is 16.3. The Morgan fingerprint density at radius 3 is 2.70 bits per heavy atom. The largest absolute Gasteiger partial charge is 0.505 e. The first-order valence-corrected chi connectivity index (χ1v) is 6.43. The zero-order valence-electron chi connectivity index (χ0n) is 11.2. The van der Waals surface area contributed by atoms with E-state index >= 15 is 0 Å². The number of fused-ring (bicyclic) bond motifs is 1. The highest BCUT2D eigenvalue weighted by molar-refractivity contribution is 6.09. The molecule has 0 saturated heterocycles. The molecule has 2 aromatic rings. The Hall–Kier alpha value is -2.56. The number of hydrogen-bond acceptors (Lipinski definition) is 4. The minimum absolute atomic E-state index is 0.0890. The number of carbonyl (C=O) groups excluding carboxylic acids is 1. The third-order valence-electron chi connectivity index (χ3n) is 3.52. The SMILES string of the molecule is CN1CCN(C(=O)c2ccncc2O)c2ccccc21. The number of amides is 1. The molecule has 2 heterocycles. The first-order chi connectivity index (χ1) is 9.68. The summed E-state index contributed by atoms with van der Waals surface area (Å²) >= 11 is 0. The molecular formula is C15H15N3O2. The Balaban J connectivity index is 2.02. The van der Waals surface area contributed by atoms with Crippen LogP contribution in [0.25, 0.3) is 0 Å². The first-order valence-electron chi connectivity index (χ1n) is 6.43. The van der Waals surface area contributed by atoms with Gasteiger partial charge in [-0.05, 0) is 18.2 Å². The third-order valence-corrected chi connectivity index (χ3v) is 3.52. The molecule has 0 saturated carbocycles. The summed E-state index contributed by atoms with van der Waals surface area (Å²) in [5, 5.41) is 9.79. The molecule has 0 atom stereocenters. The maximum Gasteiger partial charge on any atom is 0.262 e. The Morgan fingerprint density at radius 1 is 1.20 bits per heavy atom. The van der Waals surface area contributed by atoms with Crippen LogP contribution in [0.15, 0.2) is 42.7 Å². The van der Waals surface area contributed by atoms with Crippen LogP contribution in [0.1, 0.15) is 10.4 Å². The molecule has 102 valence electrons. The minimum Gasteiger partial charge on any atom is -0.505 e. The molecule has 20 heavy (non-hydrogen) atoms. The van der Waals surface area contributed by atoms with E-state index in [1.54, 1.807) is 11.0 Å². The predicted octanol–water partition coefficient (Wildman–Crippen LogP) is 1.88. The Kier molecular flexibility index (Phi) is 3.02. The summed E-state index contributed by atoms with van der Waals surface area (Å²) < 4.78 is 0. The van der Waals surface area contributed by atoms with Crippen molar-refractivity contribution in [1.82, 2.24) is 4.98 Å². The molecular weight excluding hydrogens is 254 g/mol. The quantitative estimate of drug-likeness (QED) is 0.859. The summed E-state index contributed by atoms with van der Waals surface area (Å²) in [7, 11) is 2.00. The van der Waals surface area contributed by atoms with Gasteiger partial charge in [0.1, 0.15) is 5.75 Å². The van der Waals surface area contributed by atoms with Crippen molar-refractivity contribution in [3.05, 3.63) is 48.3 Å². The Bertz CT molecular complexity index is 657. The summed E-state index contributed by atoms with van der Waals surface area (Å²) in [6.45, 7) is 1.35. The molecule has 0 radical (unpaired) electrons. The maximum atomic E-state index is 12.6. The second kappa shape index (κ2) is 4.85. The lowest BCUT2D eigenvalue weighted by Gasteiger charge is -2.35. The number of para-hydroxylation sites is 2. The van der Waals surface area contributed by atoms with Gasteiger partial charge in [0.15, 0.2) is 0 Å². The van der Waals surface area contributed by atoms with E-state index in [4.69, 9.17) is 0 Å².